The van der Waals surface area contributed by atoms with E-state index in [9.17, 15) is 4.79 Å². The molecule has 1 aliphatic rings. The maximum atomic E-state index is 12.1. The summed E-state index contributed by atoms with van der Waals surface area (Å²) in [4.78, 5) is 18.5. The van der Waals surface area contributed by atoms with Gasteiger partial charge in [-0.3, -0.25) is 9.69 Å². The molecule has 0 spiro atoms. The van der Waals surface area contributed by atoms with Crippen molar-refractivity contribution in [3.8, 4) is 0 Å². The van der Waals surface area contributed by atoms with Crippen LogP contribution >= 0.6 is 0 Å². The van der Waals surface area contributed by atoms with Crippen LogP contribution < -0.4 is 0 Å². The highest BCUT2D eigenvalue weighted by atomic mass is 16.2. The van der Waals surface area contributed by atoms with Crippen molar-refractivity contribution in [2.24, 2.45) is 0 Å². The molecule has 106 valence electrons. The van der Waals surface area contributed by atoms with Crippen LogP contribution in [-0.2, 0) is 4.79 Å². The van der Waals surface area contributed by atoms with Gasteiger partial charge in [0.1, 0.15) is 0 Å². The van der Waals surface area contributed by atoms with Gasteiger partial charge in [0.25, 0.3) is 0 Å². The van der Waals surface area contributed by atoms with Gasteiger partial charge >= 0.3 is 0 Å². The third-order valence-electron chi connectivity index (χ3n) is 3.96. The highest BCUT2D eigenvalue weighted by molar-refractivity contribution is 5.81. The van der Waals surface area contributed by atoms with Crippen molar-refractivity contribution in [3.05, 3.63) is 0 Å². The summed E-state index contributed by atoms with van der Waals surface area (Å²) in [5.41, 5.74) is 0.195. The fourth-order valence-corrected chi connectivity index (χ4v) is 2.29. The predicted molar refractivity (Wildman–Crippen MR) is 75.7 cm³/mol. The molecule has 0 aromatic heterocycles. The van der Waals surface area contributed by atoms with Gasteiger partial charge < -0.3 is 9.80 Å². The molecule has 0 saturated carbocycles. The second kappa shape index (κ2) is 6.02. The summed E-state index contributed by atoms with van der Waals surface area (Å²) < 4.78 is 0. The van der Waals surface area contributed by atoms with E-state index in [0.717, 1.165) is 32.5 Å². The average molecular weight is 255 g/mol. The van der Waals surface area contributed by atoms with Crippen LogP contribution in [0.5, 0.6) is 0 Å². The molecule has 0 aromatic rings. The molecule has 1 aliphatic heterocycles. The lowest BCUT2D eigenvalue weighted by atomic mass is 10.1. The summed E-state index contributed by atoms with van der Waals surface area (Å²) in [6.07, 6.45) is 2.15. The molecular weight excluding hydrogens is 226 g/mol. The van der Waals surface area contributed by atoms with Crippen molar-refractivity contribution in [3.63, 3.8) is 0 Å². The first-order valence-corrected chi connectivity index (χ1v) is 6.90. The smallest absolute Gasteiger partial charge is 0.239 e. The van der Waals surface area contributed by atoms with E-state index in [1.54, 1.807) is 4.90 Å². The van der Waals surface area contributed by atoms with Crippen LogP contribution in [0.25, 0.3) is 0 Å². The SMILES string of the molecule is CN(C)C(=O)[C@H]1CCCN1CCN(C)C(C)(C)C. The second-order valence-electron chi connectivity index (χ2n) is 6.52. The van der Waals surface area contributed by atoms with E-state index < -0.39 is 0 Å². The van der Waals surface area contributed by atoms with Crippen LogP contribution in [0.2, 0.25) is 0 Å². The molecule has 0 radical (unpaired) electrons. The molecule has 1 heterocycles. The van der Waals surface area contributed by atoms with Crippen molar-refractivity contribution in [2.75, 3.05) is 40.8 Å². The third-order valence-corrected chi connectivity index (χ3v) is 3.96. The molecule has 0 unspecified atom stereocenters. The van der Waals surface area contributed by atoms with Crippen molar-refractivity contribution in [1.29, 1.82) is 0 Å². The van der Waals surface area contributed by atoms with Gasteiger partial charge in [-0.2, -0.15) is 0 Å². The normalized spacial score (nSPS) is 21.6. The predicted octanol–water partition coefficient (Wildman–Crippen LogP) is 1.27. The highest BCUT2D eigenvalue weighted by Gasteiger charge is 2.31. The number of likely N-dealkylation sites (tertiary alicyclic amines) is 1. The summed E-state index contributed by atoms with van der Waals surface area (Å²) in [5.74, 6) is 0.255. The molecule has 1 fully saturated rings. The number of rotatable bonds is 4. The molecule has 1 amide bonds. The monoisotopic (exact) mass is 255 g/mol. The van der Waals surface area contributed by atoms with Crippen LogP contribution in [0, 0.1) is 0 Å². The van der Waals surface area contributed by atoms with Gasteiger partial charge in [-0.05, 0) is 47.2 Å². The van der Waals surface area contributed by atoms with Crippen molar-refractivity contribution < 1.29 is 4.79 Å². The van der Waals surface area contributed by atoms with E-state index in [1.807, 2.05) is 14.1 Å². The Balaban J connectivity index is 2.49. The summed E-state index contributed by atoms with van der Waals surface area (Å²) in [6.45, 7) is 9.72. The van der Waals surface area contributed by atoms with Crippen molar-refractivity contribution in [2.45, 2.75) is 45.2 Å². The van der Waals surface area contributed by atoms with E-state index in [1.165, 1.54) is 0 Å². The first-order chi connectivity index (χ1) is 8.23. The first-order valence-electron chi connectivity index (χ1n) is 6.90. The lowest BCUT2D eigenvalue weighted by Gasteiger charge is -2.34. The Morgan fingerprint density at radius 2 is 1.89 bits per heavy atom. The Labute approximate surface area is 112 Å². The number of carbonyl (C=O) groups is 1. The molecule has 0 bridgehead atoms. The zero-order valence-corrected chi connectivity index (χ0v) is 12.9. The molecule has 0 N–H and O–H groups in total. The van der Waals surface area contributed by atoms with Gasteiger partial charge in [0.15, 0.2) is 0 Å². The maximum Gasteiger partial charge on any atom is 0.239 e. The lowest BCUT2D eigenvalue weighted by Crippen LogP contribution is -2.47. The lowest BCUT2D eigenvalue weighted by molar-refractivity contribution is -0.133. The number of amides is 1. The molecule has 4 heteroatoms. The Bertz CT molecular complexity index is 283. The van der Waals surface area contributed by atoms with Crippen molar-refractivity contribution >= 4 is 5.91 Å². The van der Waals surface area contributed by atoms with Crippen LogP contribution in [0.1, 0.15) is 33.6 Å². The van der Waals surface area contributed by atoms with Gasteiger partial charge in [-0.1, -0.05) is 0 Å². The molecule has 0 aliphatic carbocycles. The number of nitrogens with zero attached hydrogens (tertiary/aromatic N) is 3. The summed E-state index contributed by atoms with van der Waals surface area (Å²) in [5, 5.41) is 0. The Morgan fingerprint density at radius 3 is 2.39 bits per heavy atom. The van der Waals surface area contributed by atoms with Crippen LogP contribution in [-0.4, -0.2) is 73.0 Å². The summed E-state index contributed by atoms with van der Waals surface area (Å²) in [6, 6.07) is 0.105. The first kappa shape index (κ1) is 15.4. The topological polar surface area (TPSA) is 26.8 Å². The minimum atomic E-state index is 0.105. The fraction of sp³-hybridized carbons (Fsp3) is 0.929. The average Bonchev–Trinajstić information content (AvgIpc) is 2.71. The summed E-state index contributed by atoms with van der Waals surface area (Å²) >= 11 is 0. The van der Waals surface area contributed by atoms with E-state index in [4.69, 9.17) is 0 Å². The minimum absolute atomic E-state index is 0.105. The van der Waals surface area contributed by atoms with Gasteiger partial charge in [0.05, 0.1) is 6.04 Å². The number of hydrogen-bond donors (Lipinski definition) is 0. The zero-order chi connectivity index (χ0) is 13.9. The summed E-state index contributed by atoms with van der Waals surface area (Å²) in [7, 11) is 5.85. The van der Waals surface area contributed by atoms with Crippen LogP contribution in [0.15, 0.2) is 0 Å². The zero-order valence-electron chi connectivity index (χ0n) is 12.9. The Kier molecular flexibility index (Phi) is 5.17. The number of hydrogen-bond acceptors (Lipinski definition) is 3. The quantitative estimate of drug-likeness (QED) is 0.757. The van der Waals surface area contributed by atoms with E-state index in [2.05, 4.69) is 37.6 Å². The maximum absolute atomic E-state index is 12.1. The Hall–Kier alpha value is -0.610. The molecule has 1 rings (SSSR count). The molecule has 4 nitrogen and oxygen atoms in total. The number of likely N-dealkylation sites (N-methyl/N-ethyl adjacent to an activating group) is 2. The van der Waals surface area contributed by atoms with Gasteiger partial charge in [-0.15, -0.1) is 0 Å². The van der Waals surface area contributed by atoms with Crippen LogP contribution in [0.3, 0.4) is 0 Å². The molecule has 1 saturated heterocycles. The van der Waals surface area contributed by atoms with E-state index in [-0.39, 0.29) is 17.5 Å². The molecule has 18 heavy (non-hydrogen) atoms. The van der Waals surface area contributed by atoms with Gasteiger partial charge in [-0.25, -0.2) is 0 Å². The standard InChI is InChI=1S/C14H29N3O/c1-14(2,3)16(6)10-11-17-9-7-8-12(17)13(18)15(4)5/h12H,7-11H2,1-6H3/t12-/m1/s1. The molecule has 0 aromatic carbocycles. The van der Waals surface area contributed by atoms with Crippen molar-refractivity contribution in [1.82, 2.24) is 14.7 Å². The fourth-order valence-electron chi connectivity index (χ4n) is 2.29. The van der Waals surface area contributed by atoms with Crippen LogP contribution in [0.4, 0.5) is 0 Å². The molecule has 1 atom stereocenters. The number of carbonyl (C=O) groups excluding carboxylic acids is 1. The Morgan fingerprint density at radius 1 is 1.28 bits per heavy atom. The third kappa shape index (κ3) is 3.95. The van der Waals surface area contributed by atoms with Gasteiger partial charge in [0.2, 0.25) is 5.91 Å². The van der Waals surface area contributed by atoms with Gasteiger partial charge in [0, 0.05) is 32.7 Å². The van der Waals surface area contributed by atoms with E-state index in [0.29, 0.717) is 0 Å². The van der Waals surface area contributed by atoms with E-state index >= 15 is 0 Å². The molecular formula is C14H29N3O. The largest absolute Gasteiger partial charge is 0.347 e. The highest BCUT2D eigenvalue weighted by Crippen LogP contribution is 2.19. The second-order valence-corrected chi connectivity index (χ2v) is 6.52. The minimum Gasteiger partial charge on any atom is -0.347 e.